The van der Waals surface area contributed by atoms with Crippen LogP contribution in [0.5, 0.6) is 11.5 Å². The fraction of sp³-hybridized carbons (Fsp3) is 0.357. The number of ether oxygens (including phenoxy) is 3. The minimum absolute atomic E-state index is 0.0635. The van der Waals surface area contributed by atoms with Gasteiger partial charge in [-0.05, 0) is 24.6 Å². The van der Waals surface area contributed by atoms with Gasteiger partial charge in [0.2, 0.25) is 0 Å². The first-order chi connectivity index (χ1) is 9.87. The Morgan fingerprint density at radius 3 is 2.38 bits per heavy atom. The van der Waals surface area contributed by atoms with Gasteiger partial charge in [-0.3, -0.25) is 0 Å². The van der Waals surface area contributed by atoms with Crippen molar-refractivity contribution in [2.45, 2.75) is 19.7 Å². The Morgan fingerprint density at radius 2 is 1.86 bits per heavy atom. The van der Waals surface area contributed by atoms with E-state index in [0.717, 1.165) is 6.07 Å². The topological polar surface area (TPSA) is 44.8 Å². The lowest BCUT2D eigenvalue weighted by Crippen LogP contribution is -2.17. The SMILES string of the molecule is CC/C(=C/COc1ccccc1OC(F)(F)F)C(=O)OC. The van der Waals surface area contributed by atoms with Crippen molar-refractivity contribution in [3.8, 4) is 11.5 Å². The molecule has 0 N–H and O–H groups in total. The Labute approximate surface area is 120 Å². The molecule has 7 heteroatoms. The quantitative estimate of drug-likeness (QED) is 0.596. The molecule has 0 spiro atoms. The fourth-order valence-electron chi connectivity index (χ4n) is 1.51. The first-order valence-corrected chi connectivity index (χ1v) is 6.12. The van der Waals surface area contributed by atoms with Crippen molar-refractivity contribution in [2.24, 2.45) is 0 Å². The standard InChI is InChI=1S/C14H15F3O4/c1-3-10(13(18)19-2)8-9-20-11-6-4-5-7-12(11)21-14(15,16)17/h4-8H,3,9H2,1-2H3/b10-8-. The molecule has 0 aliphatic rings. The summed E-state index contributed by atoms with van der Waals surface area (Å²) in [5, 5.41) is 0. The summed E-state index contributed by atoms with van der Waals surface area (Å²) in [7, 11) is 1.25. The summed E-state index contributed by atoms with van der Waals surface area (Å²) in [6.07, 6.45) is -2.91. The number of benzene rings is 1. The number of para-hydroxylation sites is 2. The monoisotopic (exact) mass is 304 g/mol. The Hall–Kier alpha value is -2.18. The minimum atomic E-state index is -4.80. The van der Waals surface area contributed by atoms with Crippen LogP contribution in [0.25, 0.3) is 0 Å². The van der Waals surface area contributed by atoms with E-state index in [9.17, 15) is 18.0 Å². The third-order valence-corrected chi connectivity index (χ3v) is 2.47. The molecular weight excluding hydrogens is 289 g/mol. The first kappa shape index (κ1) is 16.9. The molecule has 0 saturated carbocycles. The van der Waals surface area contributed by atoms with Gasteiger partial charge in [-0.2, -0.15) is 0 Å². The smallest absolute Gasteiger partial charge is 0.486 e. The molecule has 0 radical (unpaired) electrons. The van der Waals surface area contributed by atoms with Crippen LogP contribution in [0.15, 0.2) is 35.9 Å². The van der Waals surface area contributed by atoms with Crippen LogP contribution in [0.2, 0.25) is 0 Å². The van der Waals surface area contributed by atoms with E-state index in [-0.39, 0.29) is 12.4 Å². The van der Waals surface area contributed by atoms with Crippen molar-refractivity contribution in [1.82, 2.24) is 0 Å². The molecule has 1 aromatic carbocycles. The average Bonchev–Trinajstić information content (AvgIpc) is 2.43. The maximum atomic E-state index is 12.2. The van der Waals surface area contributed by atoms with Crippen LogP contribution in [-0.2, 0) is 9.53 Å². The van der Waals surface area contributed by atoms with Crippen molar-refractivity contribution in [1.29, 1.82) is 0 Å². The number of carbonyl (C=O) groups excluding carboxylic acids is 1. The second-order valence-corrected chi connectivity index (χ2v) is 3.88. The Morgan fingerprint density at radius 1 is 1.24 bits per heavy atom. The highest BCUT2D eigenvalue weighted by atomic mass is 19.4. The Bertz CT molecular complexity index is 509. The van der Waals surface area contributed by atoms with Gasteiger partial charge in [-0.1, -0.05) is 19.1 Å². The van der Waals surface area contributed by atoms with E-state index in [4.69, 9.17) is 4.74 Å². The highest BCUT2D eigenvalue weighted by molar-refractivity contribution is 5.88. The van der Waals surface area contributed by atoms with Gasteiger partial charge in [0.15, 0.2) is 11.5 Å². The second-order valence-electron chi connectivity index (χ2n) is 3.88. The van der Waals surface area contributed by atoms with Gasteiger partial charge in [-0.25, -0.2) is 4.79 Å². The summed E-state index contributed by atoms with van der Waals surface area (Å²) in [5.74, 6) is -0.998. The summed E-state index contributed by atoms with van der Waals surface area (Å²) in [5.41, 5.74) is 0.381. The summed E-state index contributed by atoms with van der Waals surface area (Å²) in [6.45, 7) is 1.68. The van der Waals surface area contributed by atoms with Gasteiger partial charge in [0.1, 0.15) is 6.61 Å². The number of carbonyl (C=O) groups is 1. The molecule has 0 aliphatic heterocycles. The maximum Gasteiger partial charge on any atom is 0.573 e. The zero-order chi connectivity index (χ0) is 15.9. The summed E-state index contributed by atoms with van der Waals surface area (Å²) in [6, 6.07) is 5.41. The van der Waals surface area contributed by atoms with E-state index in [1.54, 1.807) is 6.92 Å². The van der Waals surface area contributed by atoms with Crippen LogP contribution in [-0.4, -0.2) is 26.0 Å². The number of hydrogen-bond acceptors (Lipinski definition) is 4. The lowest BCUT2D eigenvalue weighted by atomic mass is 10.2. The van der Waals surface area contributed by atoms with Crippen molar-refractivity contribution in [3.63, 3.8) is 0 Å². The predicted molar refractivity (Wildman–Crippen MR) is 69.0 cm³/mol. The van der Waals surface area contributed by atoms with Crippen LogP contribution >= 0.6 is 0 Å². The Kier molecular flexibility index (Phi) is 6.08. The second kappa shape index (κ2) is 7.56. The van der Waals surface area contributed by atoms with Gasteiger partial charge in [-0.15, -0.1) is 13.2 Å². The van der Waals surface area contributed by atoms with Crippen LogP contribution in [0.4, 0.5) is 13.2 Å². The zero-order valence-corrected chi connectivity index (χ0v) is 11.6. The van der Waals surface area contributed by atoms with Crippen molar-refractivity contribution >= 4 is 5.97 Å². The fourth-order valence-corrected chi connectivity index (χ4v) is 1.51. The van der Waals surface area contributed by atoms with Gasteiger partial charge in [0.05, 0.1) is 7.11 Å². The van der Waals surface area contributed by atoms with E-state index >= 15 is 0 Å². The van der Waals surface area contributed by atoms with E-state index < -0.39 is 18.1 Å². The highest BCUT2D eigenvalue weighted by Gasteiger charge is 2.32. The molecule has 4 nitrogen and oxygen atoms in total. The third kappa shape index (κ3) is 5.76. The molecule has 0 saturated heterocycles. The molecule has 0 unspecified atom stereocenters. The molecule has 0 atom stereocenters. The van der Waals surface area contributed by atoms with Gasteiger partial charge < -0.3 is 14.2 Å². The zero-order valence-electron chi connectivity index (χ0n) is 11.6. The van der Waals surface area contributed by atoms with Crippen molar-refractivity contribution < 1.29 is 32.2 Å². The molecule has 1 aromatic rings. The number of hydrogen-bond donors (Lipinski definition) is 0. The first-order valence-electron chi connectivity index (χ1n) is 6.12. The van der Waals surface area contributed by atoms with Gasteiger partial charge >= 0.3 is 12.3 Å². The third-order valence-electron chi connectivity index (χ3n) is 2.47. The lowest BCUT2D eigenvalue weighted by molar-refractivity contribution is -0.275. The molecule has 0 heterocycles. The summed E-state index contributed by atoms with van der Waals surface area (Å²) >= 11 is 0. The van der Waals surface area contributed by atoms with Gasteiger partial charge in [0, 0.05) is 5.57 Å². The van der Waals surface area contributed by atoms with Crippen LogP contribution in [0.1, 0.15) is 13.3 Å². The van der Waals surface area contributed by atoms with Crippen molar-refractivity contribution in [3.05, 3.63) is 35.9 Å². The van der Waals surface area contributed by atoms with E-state index in [1.165, 1.54) is 31.4 Å². The molecule has 0 bridgehead atoms. The number of alkyl halides is 3. The minimum Gasteiger partial charge on any atom is -0.486 e. The van der Waals surface area contributed by atoms with E-state index in [0.29, 0.717) is 12.0 Å². The maximum absolute atomic E-state index is 12.2. The largest absolute Gasteiger partial charge is 0.573 e. The van der Waals surface area contributed by atoms with Gasteiger partial charge in [0.25, 0.3) is 0 Å². The molecule has 0 amide bonds. The Balaban J connectivity index is 2.76. The normalized spacial score (nSPS) is 12.0. The van der Waals surface area contributed by atoms with E-state index in [1.807, 2.05) is 0 Å². The molecule has 0 aromatic heterocycles. The molecule has 21 heavy (non-hydrogen) atoms. The van der Waals surface area contributed by atoms with E-state index in [2.05, 4.69) is 9.47 Å². The number of methoxy groups -OCH3 is 1. The molecule has 0 aliphatic carbocycles. The van der Waals surface area contributed by atoms with Crippen LogP contribution < -0.4 is 9.47 Å². The average molecular weight is 304 g/mol. The summed E-state index contributed by atoms with van der Waals surface area (Å²) < 4.78 is 50.3. The number of esters is 1. The molecule has 0 fully saturated rings. The molecule has 116 valence electrons. The lowest BCUT2D eigenvalue weighted by Gasteiger charge is -2.13. The number of rotatable bonds is 6. The van der Waals surface area contributed by atoms with Crippen LogP contribution in [0.3, 0.4) is 0 Å². The van der Waals surface area contributed by atoms with Crippen LogP contribution in [0, 0.1) is 0 Å². The molecule has 1 rings (SSSR count). The van der Waals surface area contributed by atoms with Crippen molar-refractivity contribution in [2.75, 3.05) is 13.7 Å². The highest BCUT2D eigenvalue weighted by Crippen LogP contribution is 2.31. The summed E-state index contributed by atoms with van der Waals surface area (Å²) in [4.78, 5) is 11.3. The molecular formula is C14H15F3O4. The number of halogens is 3. The predicted octanol–water partition coefficient (Wildman–Crippen LogP) is 3.47.